The van der Waals surface area contributed by atoms with Crippen LogP contribution in [-0.2, 0) is 23.9 Å². The molecule has 0 spiro atoms. The van der Waals surface area contributed by atoms with E-state index in [0.29, 0.717) is 65.7 Å². The molecular formula is C63H66Cl2N2O12S2. The van der Waals surface area contributed by atoms with Gasteiger partial charge in [-0.25, -0.2) is 14.8 Å². The number of furan rings is 1. The van der Waals surface area contributed by atoms with Crippen LogP contribution in [0.25, 0.3) is 22.2 Å². The molecular weight excluding hydrogens is 1110 g/mol. The number of thioether (sulfide) groups is 2. The number of aromatic nitrogens is 2. The molecule has 8 aliphatic rings. The Labute approximate surface area is 488 Å². The zero-order valence-corrected chi connectivity index (χ0v) is 49.1. The summed E-state index contributed by atoms with van der Waals surface area (Å²) in [4.78, 5) is 73.2. The van der Waals surface area contributed by atoms with E-state index in [-0.39, 0.29) is 88.7 Å². The molecule has 5 aromatic rings. The summed E-state index contributed by atoms with van der Waals surface area (Å²) in [6, 6.07) is 17.9. The van der Waals surface area contributed by atoms with E-state index in [4.69, 9.17) is 41.2 Å². The first-order chi connectivity index (χ1) is 38.4. The second-order valence-electron chi connectivity index (χ2n) is 25.0. The van der Waals surface area contributed by atoms with Gasteiger partial charge in [-0.2, -0.15) is 0 Å². The van der Waals surface area contributed by atoms with E-state index in [9.17, 15) is 39.3 Å². The van der Waals surface area contributed by atoms with Crippen molar-refractivity contribution >= 4 is 98.0 Å². The Morgan fingerprint density at radius 1 is 0.667 bits per heavy atom. The van der Waals surface area contributed by atoms with E-state index >= 15 is 0 Å². The number of carbonyl (C=O) groups excluding carboxylic acids is 5. The molecule has 3 heterocycles. The molecule has 426 valence electrons. The lowest BCUT2D eigenvalue weighted by Gasteiger charge is -2.64. The van der Waals surface area contributed by atoms with Crippen molar-refractivity contribution in [3.63, 3.8) is 0 Å². The molecule has 6 saturated carbocycles. The van der Waals surface area contributed by atoms with E-state index in [1.54, 1.807) is 24.3 Å². The van der Waals surface area contributed by atoms with Crippen LogP contribution in [-0.4, -0.2) is 99.1 Å². The summed E-state index contributed by atoms with van der Waals surface area (Å²) >= 11 is 17.4. The van der Waals surface area contributed by atoms with Crippen LogP contribution < -0.4 is 0 Å². The van der Waals surface area contributed by atoms with Crippen molar-refractivity contribution in [3.05, 3.63) is 120 Å². The maximum Gasteiger partial charge on any atom is 0.375 e. The number of aliphatic hydroxyl groups is 3. The molecule has 81 heavy (non-hydrogen) atoms. The van der Waals surface area contributed by atoms with Gasteiger partial charge in [-0.1, -0.05) is 113 Å². The Morgan fingerprint density at radius 2 is 1.15 bits per heavy atom. The highest BCUT2D eigenvalue weighted by atomic mass is 35.5. The number of alkyl halides is 2. The number of Topliss-reactive ketones (excluding diaryl/α,β-unsaturated/α-hetero) is 2. The van der Waals surface area contributed by atoms with E-state index in [0.717, 1.165) is 28.4 Å². The van der Waals surface area contributed by atoms with Crippen LogP contribution in [0.2, 0.25) is 0 Å². The zero-order valence-electron chi connectivity index (χ0n) is 46.0. The monoisotopic (exact) mass is 1180 g/mol. The molecule has 0 aliphatic heterocycles. The van der Waals surface area contributed by atoms with Crippen LogP contribution in [0.15, 0.2) is 138 Å². The fourth-order valence-electron chi connectivity index (χ4n) is 17.4. The van der Waals surface area contributed by atoms with Gasteiger partial charge in [-0.15, -0.1) is 23.2 Å². The van der Waals surface area contributed by atoms with Crippen molar-refractivity contribution in [1.82, 2.24) is 9.97 Å². The number of aliphatic hydroxyl groups excluding tert-OH is 2. The predicted octanol–water partition coefficient (Wildman–Crippen LogP) is 11.7. The van der Waals surface area contributed by atoms with Crippen LogP contribution in [0.1, 0.15) is 103 Å². The Balaban J connectivity index is 0.000000163. The second-order valence-corrected chi connectivity index (χ2v) is 28.1. The molecule has 0 amide bonds. The highest BCUT2D eigenvalue weighted by Crippen LogP contribution is 2.74. The number of nitrogens with zero attached hydrogens (tertiary/aromatic N) is 2. The van der Waals surface area contributed by atoms with Crippen LogP contribution in [0, 0.1) is 57.2 Å². The molecule has 3 aromatic heterocycles. The van der Waals surface area contributed by atoms with Crippen molar-refractivity contribution in [2.24, 2.45) is 57.2 Å². The molecule has 0 bridgehead atoms. The Kier molecular flexibility index (Phi) is 13.8. The largest absolute Gasteiger partial charge is 0.457 e. The third kappa shape index (κ3) is 8.02. The molecule has 16 atom stereocenters. The number of esters is 1. The van der Waals surface area contributed by atoms with Gasteiger partial charge in [0.05, 0.1) is 39.7 Å². The first-order valence-electron chi connectivity index (χ1n) is 28.0. The van der Waals surface area contributed by atoms with E-state index in [2.05, 4.69) is 9.97 Å². The topological polar surface area (TPSA) is 220 Å². The molecule has 2 aromatic carbocycles. The van der Waals surface area contributed by atoms with Crippen molar-refractivity contribution in [2.45, 2.75) is 137 Å². The number of carbonyl (C=O) groups is 5. The molecule has 0 radical (unpaired) electrons. The summed E-state index contributed by atoms with van der Waals surface area (Å²) in [5, 5.41) is 36.7. The molecule has 13 rings (SSSR count). The van der Waals surface area contributed by atoms with E-state index in [1.807, 2.05) is 102 Å². The van der Waals surface area contributed by atoms with Crippen molar-refractivity contribution < 1.29 is 57.3 Å². The Morgan fingerprint density at radius 3 is 1.65 bits per heavy atom. The SMILES string of the molecule is C[C@@H]1CC2C3CCC4=CC(=O)C=CC4(C)[C@@]3(Cl)[C@@H](O)CC2(C)[C@@]1(O)C(=O)CSc1nc2ccccc2o1.C[C@@H]1CC2C3CCC4=CC(=O)C=CC4(C)[C@@]3(Cl)[C@@H](O)CC2(C)[C@@]1(OC(=O)c1ccco1)C(=O)CSc1nc2ccccc2o1. The van der Waals surface area contributed by atoms with Gasteiger partial charge in [-0.05, 0) is 142 Å². The first kappa shape index (κ1) is 56.4. The summed E-state index contributed by atoms with van der Waals surface area (Å²) in [5.74, 6) is -2.60. The average molecular weight is 1180 g/mol. The van der Waals surface area contributed by atoms with Gasteiger partial charge in [-0.3, -0.25) is 19.2 Å². The number of oxazole rings is 2. The number of rotatable bonds is 10. The Bertz CT molecular complexity index is 3490. The highest BCUT2D eigenvalue weighted by molar-refractivity contribution is 8.00. The molecule has 14 nitrogen and oxygen atoms in total. The van der Waals surface area contributed by atoms with Gasteiger partial charge in [0.1, 0.15) is 16.6 Å². The van der Waals surface area contributed by atoms with Crippen molar-refractivity contribution in [1.29, 1.82) is 0 Å². The van der Waals surface area contributed by atoms with Crippen molar-refractivity contribution in [3.8, 4) is 0 Å². The number of halogens is 2. The Hall–Kier alpha value is -5.07. The maximum absolute atomic E-state index is 14.6. The van der Waals surface area contributed by atoms with Gasteiger partial charge >= 0.3 is 5.97 Å². The molecule has 6 fully saturated rings. The fourth-order valence-corrected chi connectivity index (χ4v) is 20.0. The number of ketones is 4. The standard InChI is InChI=1S/C34H34ClNO7S.C29H32ClNO5S/c1-19-15-23-22-11-10-20-16-21(37)12-13-31(20,2)33(22,35)27(38)17-32(23,3)34(19,43-29(40)26-9-6-14-41-26)28(39)18-44-30-36-24-7-4-5-8-25(24)42-30;1-16-12-20-19-9-8-17-13-18(32)10-11-26(17,2)28(19,30)23(33)14-27(20,3)29(16,35)24(34)15-37-25-31-21-6-4-5-7-22(21)36-25/h4-9,12-14,16,19,22-23,27,38H,10-11,15,17-18H2,1-3H3;4-7,10-11,13,16,19-20,23,33,35H,8-9,12,14-15H2,1-3H3/t19-,22?,23?,27+,31?,32?,33+,34+;16-,19?,20?,23+,26?,27?,28+,29+/m11/s1. The predicted molar refractivity (Wildman–Crippen MR) is 307 cm³/mol. The number of ether oxygens (including phenoxy) is 1. The minimum Gasteiger partial charge on any atom is -0.457 e. The first-order valence-corrected chi connectivity index (χ1v) is 30.8. The quantitative estimate of drug-likeness (QED) is 0.0672. The zero-order chi connectivity index (χ0) is 57.5. The van der Waals surface area contributed by atoms with E-state index < -0.39 is 60.8 Å². The van der Waals surface area contributed by atoms with Crippen LogP contribution in [0.5, 0.6) is 0 Å². The second kappa shape index (κ2) is 19.8. The fraction of sp³-hybridized carbons (Fsp3) is 0.508. The van der Waals surface area contributed by atoms with Gasteiger partial charge in [0, 0.05) is 27.6 Å². The number of allylic oxidation sites excluding steroid dienone is 8. The third-order valence-corrected chi connectivity index (χ3v) is 24.9. The van der Waals surface area contributed by atoms with Gasteiger partial charge in [0.15, 0.2) is 39.9 Å². The molecule has 8 unspecified atom stereocenters. The number of hydrogen-bond acceptors (Lipinski definition) is 16. The lowest BCUT2D eigenvalue weighted by molar-refractivity contribution is -0.177. The maximum atomic E-state index is 14.6. The molecule has 3 N–H and O–H groups in total. The average Bonchev–Trinajstić information content (AvgIpc) is 1.87. The molecule has 8 aliphatic carbocycles. The number of fused-ring (bicyclic) bond motifs is 12. The lowest BCUT2D eigenvalue weighted by Crippen LogP contribution is -2.69. The summed E-state index contributed by atoms with van der Waals surface area (Å²) in [5.41, 5.74) is -1.79. The van der Waals surface area contributed by atoms with Crippen molar-refractivity contribution in [2.75, 3.05) is 11.5 Å². The lowest BCUT2D eigenvalue weighted by atomic mass is 9.45. The van der Waals surface area contributed by atoms with Gasteiger partial charge in [0.25, 0.3) is 10.4 Å². The summed E-state index contributed by atoms with van der Waals surface area (Å²) in [6.45, 7) is 11.8. The minimum absolute atomic E-state index is 0.00282. The normalized spacial score (nSPS) is 40.0. The van der Waals surface area contributed by atoms with Gasteiger partial charge in [0.2, 0.25) is 5.76 Å². The smallest absolute Gasteiger partial charge is 0.375 e. The van der Waals surface area contributed by atoms with Gasteiger partial charge < -0.3 is 33.3 Å². The van der Waals surface area contributed by atoms with Crippen LogP contribution in [0.4, 0.5) is 0 Å². The molecule has 0 saturated heterocycles. The third-order valence-electron chi connectivity index (χ3n) is 21.4. The van der Waals surface area contributed by atoms with Crippen LogP contribution in [0.3, 0.4) is 0 Å². The number of benzene rings is 2. The van der Waals surface area contributed by atoms with E-state index in [1.165, 1.54) is 30.2 Å². The number of para-hydroxylation sites is 4. The van der Waals surface area contributed by atoms with Crippen LogP contribution >= 0.6 is 46.7 Å². The summed E-state index contributed by atoms with van der Waals surface area (Å²) < 4.78 is 23.4. The number of hydrogen-bond donors (Lipinski definition) is 3. The summed E-state index contributed by atoms with van der Waals surface area (Å²) in [6.07, 6.45) is 13.8. The highest BCUT2D eigenvalue weighted by Gasteiger charge is 2.77. The molecule has 18 heteroatoms. The summed E-state index contributed by atoms with van der Waals surface area (Å²) in [7, 11) is 0. The minimum atomic E-state index is -1.61.